The molecule has 2 rings (SSSR count). The lowest BCUT2D eigenvalue weighted by molar-refractivity contribution is 0.0313. The van der Waals surface area contributed by atoms with E-state index in [0.717, 1.165) is 36.9 Å². The highest BCUT2D eigenvalue weighted by molar-refractivity contribution is 5.95. The topological polar surface area (TPSA) is 55.6 Å². The summed E-state index contributed by atoms with van der Waals surface area (Å²) >= 11 is 0. The Hall–Kier alpha value is -1.39. The molecule has 0 radical (unpaired) electrons. The minimum atomic E-state index is 0.0925. The second-order valence-electron chi connectivity index (χ2n) is 4.80. The van der Waals surface area contributed by atoms with E-state index in [9.17, 15) is 4.79 Å². The van der Waals surface area contributed by atoms with Crippen LogP contribution in [0.4, 0.5) is 0 Å². The zero-order valence-electron chi connectivity index (χ0n) is 10.8. The summed E-state index contributed by atoms with van der Waals surface area (Å²) in [6.45, 7) is 3.17. The second-order valence-corrected chi connectivity index (χ2v) is 4.80. The lowest BCUT2D eigenvalue weighted by atomic mass is 10.00. The molecule has 98 valence electrons. The van der Waals surface area contributed by atoms with E-state index in [1.54, 1.807) is 0 Å². The van der Waals surface area contributed by atoms with Crippen LogP contribution in [0.3, 0.4) is 0 Å². The highest BCUT2D eigenvalue weighted by Crippen LogP contribution is 2.21. The van der Waals surface area contributed by atoms with Crippen molar-refractivity contribution >= 4 is 5.91 Å². The first-order valence-electron chi connectivity index (χ1n) is 6.42. The first-order chi connectivity index (χ1) is 8.74. The highest BCUT2D eigenvalue weighted by Gasteiger charge is 2.28. The predicted octanol–water partition coefficient (Wildman–Crippen LogP) is 1.88. The molecule has 0 spiro atoms. The molecule has 1 saturated heterocycles. The summed E-state index contributed by atoms with van der Waals surface area (Å²) in [4.78, 5) is 19.2. The van der Waals surface area contributed by atoms with E-state index in [2.05, 4.69) is 0 Å². The standard InChI is InChI=1S/C14H20N2O2/c1-11-6-2-3-8-13(11)14(17)16-9-5-4-7-12(16)10-18-15/h2-3,6,8,12H,4-5,7,9-10,15H2,1H3. The van der Waals surface area contributed by atoms with Crippen LogP contribution < -0.4 is 5.90 Å². The van der Waals surface area contributed by atoms with Crippen molar-refractivity contribution in [2.45, 2.75) is 32.2 Å². The molecule has 1 atom stereocenters. The van der Waals surface area contributed by atoms with E-state index in [0.29, 0.717) is 6.61 Å². The number of benzene rings is 1. The van der Waals surface area contributed by atoms with Crippen molar-refractivity contribution in [2.75, 3.05) is 13.2 Å². The molecule has 1 aliphatic rings. The fourth-order valence-electron chi connectivity index (χ4n) is 2.52. The van der Waals surface area contributed by atoms with Crippen LogP contribution in [0.5, 0.6) is 0 Å². The molecule has 1 fully saturated rings. The van der Waals surface area contributed by atoms with Gasteiger partial charge in [-0.2, -0.15) is 0 Å². The van der Waals surface area contributed by atoms with Crippen LogP contribution in [0.15, 0.2) is 24.3 Å². The molecular formula is C14H20N2O2. The molecule has 0 bridgehead atoms. The number of nitrogens with two attached hydrogens (primary N) is 1. The fourth-order valence-corrected chi connectivity index (χ4v) is 2.52. The molecule has 1 heterocycles. The van der Waals surface area contributed by atoms with E-state index in [1.807, 2.05) is 36.1 Å². The van der Waals surface area contributed by atoms with E-state index in [4.69, 9.17) is 10.7 Å². The van der Waals surface area contributed by atoms with Crippen molar-refractivity contribution in [1.29, 1.82) is 0 Å². The molecule has 1 aromatic carbocycles. The third kappa shape index (κ3) is 2.71. The van der Waals surface area contributed by atoms with Crippen molar-refractivity contribution in [3.8, 4) is 0 Å². The monoisotopic (exact) mass is 248 g/mol. The van der Waals surface area contributed by atoms with Gasteiger partial charge in [0.25, 0.3) is 5.91 Å². The van der Waals surface area contributed by atoms with Gasteiger partial charge in [-0.05, 0) is 37.8 Å². The Bertz CT molecular complexity index is 418. The van der Waals surface area contributed by atoms with Crippen LogP contribution in [-0.4, -0.2) is 30.0 Å². The Labute approximate surface area is 108 Å². The van der Waals surface area contributed by atoms with Gasteiger partial charge >= 0.3 is 0 Å². The third-order valence-corrected chi connectivity index (χ3v) is 3.55. The number of hydrogen-bond acceptors (Lipinski definition) is 3. The summed E-state index contributed by atoms with van der Waals surface area (Å²) in [6, 6.07) is 7.80. The van der Waals surface area contributed by atoms with Gasteiger partial charge in [-0.1, -0.05) is 18.2 Å². The number of hydrogen-bond donors (Lipinski definition) is 1. The predicted molar refractivity (Wildman–Crippen MR) is 70.0 cm³/mol. The second kappa shape index (κ2) is 5.98. The Balaban J connectivity index is 2.18. The van der Waals surface area contributed by atoms with Gasteiger partial charge in [0.05, 0.1) is 12.6 Å². The van der Waals surface area contributed by atoms with Gasteiger partial charge < -0.3 is 9.74 Å². The van der Waals surface area contributed by atoms with Crippen molar-refractivity contribution in [2.24, 2.45) is 5.90 Å². The molecule has 4 nitrogen and oxygen atoms in total. The number of carbonyl (C=O) groups excluding carboxylic acids is 1. The number of aryl methyl sites for hydroxylation is 1. The van der Waals surface area contributed by atoms with Gasteiger partial charge in [0.1, 0.15) is 0 Å². The molecule has 0 aromatic heterocycles. The first-order valence-corrected chi connectivity index (χ1v) is 6.42. The molecule has 18 heavy (non-hydrogen) atoms. The van der Waals surface area contributed by atoms with Gasteiger partial charge in [0.15, 0.2) is 0 Å². The SMILES string of the molecule is Cc1ccccc1C(=O)N1CCCCC1CON. The Morgan fingerprint density at radius 2 is 2.22 bits per heavy atom. The van der Waals surface area contributed by atoms with Gasteiger partial charge in [-0.25, -0.2) is 5.90 Å². The van der Waals surface area contributed by atoms with Crippen LogP contribution in [0.2, 0.25) is 0 Å². The van der Waals surface area contributed by atoms with E-state index < -0.39 is 0 Å². The Morgan fingerprint density at radius 1 is 1.44 bits per heavy atom. The summed E-state index contributed by atoms with van der Waals surface area (Å²) < 4.78 is 0. The molecule has 0 aliphatic carbocycles. The molecule has 2 N–H and O–H groups in total. The van der Waals surface area contributed by atoms with Gasteiger partial charge in [0, 0.05) is 12.1 Å². The summed E-state index contributed by atoms with van der Waals surface area (Å²) in [5.74, 6) is 5.24. The zero-order valence-corrected chi connectivity index (χ0v) is 10.8. The number of piperidine rings is 1. The summed E-state index contributed by atoms with van der Waals surface area (Å²) in [7, 11) is 0. The largest absolute Gasteiger partial charge is 0.333 e. The lowest BCUT2D eigenvalue weighted by Crippen LogP contribution is -2.46. The number of likely N-dealkylation sites (tertiary alicyclic amines) is 1. The molecule has 4 heteroatoms. The van der Waals surface area contributed by atoms with Crippen molar-refractivity contribution in [3.05, 3.63) is 35.4 Å². The van der Waals surface area contributed by atoms with E-state index >= 15 is 0 Å². The van der Waals surface area contributed by atoms with Crippen LogP contribution in [0.1, 0.15) is 35.2 Å². The number of nitrogens with zero attached hydrogens (tertiary/aromatic N) is 1. The minimum Gasteiger partial charge on any atom is -0.333 e. The van der Waals surface area contributed by atoms with Crippen LogP contribution in [0.25, 0.3) is 0 Å². The fraction of sp³-hybridized carbons (Fsp3) is 0.500. The van der Waals surface area contributed by atoms with Crippen LogP contribution in [0, 0.1) is 6.92 Å². The Morgan fingerprint density at radius 3 is 2.94 bits per heavy atom. The molecule has 1 amide bonds. The molecule has 1 unspecified atom stereocenters. The number of amides is 1. The van der Waals surface area contributed by atoms with Gasteiger partial charge in [0.2, 0.25) is 0 Å². The van der Waals surface area contributed by atoms with E-state index in [1.165, 1.54) is 0 Å². The molecule has 1 aliphatic heterocycles. The minimum absolute atomic E-state index is 0.0925. The average molecular weight is 248 g/mol. The van der Waals surface area contributed by atoms with Crippen molar-refractivity contribution < 1.29 is 9.63 Å². The van der Waals surface area contributed by atoms with Gasteiger partial charge in [-0.3, -0.25) is 4.79 Å². The average Bonchev–Trinajstić information content (AvgIpc) is 2.40. The molecule has 1 aromatic rings. The Kier molecular flexibility index (Phi) is 4.33. The number of rotatable bonds is 3. The molecule has 0 saturated carbocycles. The summed E-state index contributed by atoms with van der Waals surface area (Å²) in [5.41, 5.74) is 1.79. The maximum atomic E-state index is 12.5. The lowest BCUT2D eigenvalue weighted by Gasteiger charge is -2.35. The van der Waals surface area contributed by atoms with Gasteiger partial charge in [-0.15, -0.1) is 0 Å². The van der Waals surface area contributed by atoms with Crippen LogP contribution >= 0.6 is 0 Å². The number of carbonyl (C=O) groups is 1. The smallest absolute Gasteiger partial charge is 0.254 e. The van der Waals surface area contributed by atoms with Crippen molar-refractivity contribution in [1.82, 2.24) is 4.90 Å². The normalized spacial score (nSPS) is 19.9. The highest BCUT2D eigenvalue weighted by atomic mass is 16.6. The van der Waals surface area contributed by atoms with E-state index in [-0.39, 0.29) is 11.9 Å². The molecular weight excluding hydrogens is 228 g/mol. The van der Waals surface area contributed by atoms with Crippen LogP contribution in [-0.2, 0) is 4.84 Å². The van der Waals surface area contributed by atoms with Crippen molar-refractivity contribution in [3.63, 3.8) is 0 Å². The zero-order chi connectivity index (χ0) is 13.0. The quantitative estimate of drug-likeness (QED) is 0.831. The maximum absolute atomic E-state index is 12.5. The third-order valence-electron chi connectivity index (χ3n) is 3.55. The summed E-state index contributed by atoms with van der Waals surface area (Å²) in [6.07, 6.45) is 3.15. The first kappa shape index (κ1) is 13.1. The maximum Gasteiger partial charge on any atom is 0.254 e. The summed E-state index contributed by atoms with van der Waals surface area (Å²) in [5, 5.41) is 0.